The molecule has 1 aromatic heterocycles. The number of sulfone groups is 1. The second-order valence-corrected chi connectivity index (χ2v) is 7.48. The van der Waals surface area contributed by atoms with E-state index >= 15 is 0 Å². The van der Waals surface area contributed by atoms with Crippen molar-refractivity contribution in [2.45, 2.75) is 30.6 Å². The molecule has 0 saturated heterocycles. The summed E-state index contributed by atoms with van der Waals surface area (Å²) < 4.78 is 28.6. The smallest absolute Gasteiger partial charge is 0.199 e. The fourth-order valence-corrected chi connectivity index (χ4v) is 3.43. The monoisotopic (exact) mass is 305 g/mol. The van der Waals surface area contributed by atoms with Crippen LogP contribution in [0.25, 0.3) is 0 Å². The molecule has 0 amide bonds. The molecule has 0 unspecified atom stereocenters. The van der Waals surface area contributed by atoms with Crippen LogP contribution in [-0.2, 0) is 9.84 Å². The van der Waals surface area contributed by atoms with Crippen LogP contribution in [0.4, 0.5) is 0 Å². The molecule has 1 aliphatic carbocycles. The van der Waals surface area contributed by atoms with E-state index in [1.54, 1.807) is 12.1 Å². The fourth-order valence-electron chi connectivity index (χ4n) is 2.49. The predicted octanol–water partition coefficient (Wildman–Crippen LogP) is 2.49. The van der Waals surface area contributed by atoms with Gasteiger partial charge < -0.3 is 4.52 Å². The molecule has 3 rings (SSSR count). The van der Waals surface area contributed by atoms with Gasteiger partial charge in [-0.3, -0.25) is 4.79 Å². The molecule has 110 valence electrons. The highest BCUT2D eigenvalue weighted by Gasteiger charge is 2.29. The van der Waals surface area contributed by atoms with Crippen molar-refractivity contribution in [3.05, 3.63) is 46.8 Å². The number of carbonyl (C=O) groups excluding carboxylic acids is 1. The van der Waals surface area contributed by atoms with Crippen molar-refractivity contribution in [1.82, 2.24) is 5.16 Å². The molecule has 21 heavy (non-hydrogen) atoms. The Balaban J connectivity index is 2.20. The normalized spacial score (nSPS) is 15.1. The Hall–Kier alpha value is -1.95. The number of aromatic nitrogens is 1. The topological polar surface area (TPSA) is 77.2 Å². The Morgan fingerprint density at radius 3 is 2.57 bits per heavy atom. The largest absolute Gasteiger partial charge is 0.364 e. The highest BCUT2D eigenvalue weighted by molar-refractivity contribution is 7.90. The molecule has 0 atom stereocenters. The van der Waals surface area contributed by atoms with E-state index < -0.39 is 9.84 Å². The van der Waals surface area contributed by atoms with Crippen LogP contribution < -0.4 is 0 Å². The van der Waals surface area contributed by atoms with Crippen molar-refractivity contribution >= 4 is 15.6 Å². The van der Waals surface area contributed by atoms with E-state index in [4.69, 9.17) is 0 Å². The molecule has 1 fully saturated rings. The van der Waals surface area contributed by atoms with Crippen LogP contribution in [0.5, 0.6) is 0 Å². The number of carbonyl (C=O) groups is 1. The van der Waals surface area contributed by atoms with Crippen LogP contribution in [0.15, 0.2) is 34.0 Å². The summed E-state index contributed by atoms with van der Waals surface area (Å²) in [4.78, 5) is 12.6. The standard InChI is InChI=1S/C15H15NO4S/c1-9-5-14(21(2,18)19)13(6-12(9)10-3-4-10)15(17)11-7-16-20-8-11/h5-8,10H,3-4H2,1-2H3. The Morgan fingerprint density at radius 1 is 1.33 bits per heavy atom. The van der Waals surface area contributed by atoms with Gasteiger partial charge in [0.1, 0.15) is 6.26 Å². The molecule has 0 N–H and O–H groups in total. The second-order valence-electron chi connectivity index (χ2n) is 5.49. The molecule has 1 heterocycles. The van der Waals surface area contributed by atoms with Crippen LogP contribution in [-0.4, -0.2) is 25.6 Å². The van der Waals surface area contributed by atoms with E-state index in [0.29, 0.717) is 5.92 Å². The average Bonchev–Trinajstić information content (AvgIpc) is 3.11. The number of hydrogen-bond donors (Lipinski definition) is 0. The molecule has 1 saturated carbocycles. The summed E-state index contributed by atoms with van der Waals surface area (Å²) >= 11 is 0. The highest BCUT2D eigenvalue weighted by Crippen LogP contribution is 2.42. The Bertz CT molecular complexity index is 802. The molecule has 0 aliphatic heterocycles. The molecule has 0 spiro atoms. The molecule has 1 aliphatic rings. The summed E-state index contributed by atoms with van der Waals surface area (Å²) in [5, 5.41) is 3.50. The van der Waals surface area contributed by atoms with Gasteiger partial charge in [-0.2, -0.15) is 0 Å². The first-order valence-electron chi connectivity index (χ1n) is 6.66. The zero-order chi connectivity index (χ0) is 15.2. The first kappa shape index (κ1) is 14.0. The quantitative estimate of drug-likeness (QED) is 0.811. The van der Waals surface area contributed by atoms with Gasteiger partial charge in [0.15, 0.2) is 15.6 Å². The van der Waals surface area contributed by atoms with Crippen LogP contribution in [0, 0.1) is 6.92 Å². The molecule has 0 bridgehead atoms. The third kappa shape index (κ3) is 2.63. The summed E-state index contributed by atoms with van der Waals surface area (Å²) in [6.07, 6.45) is 5.80. The molecule has 1 aromatic carbocycles. The van der Waals surface area contributed by atoms with E-state index in [1.807, 2.05) is 6.92 Å². The third-order valence-electron chi connectivity index (χ3n) is 3.72. The number of nitrogens with zero attached hydrogens (tertiary/aromatic N) is 1. The molecular weight excluding hydrogens is 290 g/mol. The van der Waals surface area contributed by atoms with Crippen molar-refractivity contribution < 1.29 is 17.7 Å². The second kappa shape index (κ2) is 4.80. The van der Waals surface area contributed by atoms with Gasteiger partial charge in [-0.1, -0.05) is 5.16 Å². The van der Waals surface area contributed by atoms with E-state index in [2.05, 4.69) is 9.68 Å². The fraction of sp³-hybridized carbons (Fsp3) is 0.333. The molecule has 6 heteroatoms. The SMILES string of the molecule is Cc1cc(S(C)(=O)=O)c(C(=O)c2cnoc2)cc1C1CC1. The minimum Gasteiger partial charge on any atom is -0.364 e. The number of ketones is 1. The number of hydrogen-bond acceptors (Lipinski definition) is 5. The maximum absolute atomic E-state index is 12.5. The van der Waals surface area contributed by atoms with Crippen LogP contribution in [0.3, 0.4) is 0 Å². The lowest BCUT2D eigenvalue weighted by Crippen LogP contribution is -2.10. The lowest BCUT2D eigenvalue weighted by molar-refractivity contribution is 0.103. The summed E-state index contributed by atoms with van der Waals surface area (Å²) in [5.41, 5.74) is 2.43. The maximum Gasteiger partial charge on any atom is 0.199 e. The van der Waals surface area contributed by atoms with Crippen molar-refractivity contribution in [3.63, 3.8) is 0 Å². The molecule has 2 aromatic rings. The van der Waals surface area contributed by atoms with Gasteiger partial charge in [0.25, 0.3) is 0 Å². The minimum absolute atomic E-state index is 0.0654. The van der Waals surface area contributed by atoms with Crippen molar-refractivity contribution in [2.75, 3.05) is 6.26 Å². The Kier molecular flexibility index (Phi) is 3.20. The number of aryl methyl sites for hydroxylation is 1. The van der Waals surface area contributed by atoms with Crippen LogP contribution in [0.2, 0.25) is 0 Å². The molecule has 0 radical (unpaired) electrons. The highest BCUT2D eigenvalue weighted by atomic mass is 32.2. The Morgan fingerprint density at radius 2 is 2.05 bits per heavy atom. The van der Waals surface area contributed by atoms with Gasteiger partial charge in [-0.15, -0.1) is 0 Å². The summed E-state index contributed by atoms with van der Waals surface area (Å²) in [6, 6.07) is 3.32. The zero-order valence-corrected chi connectivity index (χ0v) is 12.6. The molecule has 5 nitrogen and oxygen atoms in total. The van der Waals surface area contributed by atoms with Gasteiger partial charge in [0.2, 0.25) is 0 Å². The summed E-state index contributed by atoms with van der Waals surface area (Å²) in [7, 11) is -3.49. The van der Waals surface area contributed by atoms with E-state index in [9.17, 15) is 13.2 Å². The van der Waals surface area contributed by atoms with Crippen LogP contribution >= 0.6 is 0 Å². The van der Waals surface area contributed by atoms with Gasteiger partial charge in [-0.05, 0) is 48.9 Å². The number of benzene rings is 1. The minimum atomic E-state index is -3.49. The van der Waals surface area contributed by atoms with Gasteiger partial charge in [0, 0.05) is 11.8 Å². The number of rotatable bonds is 4. The lowest BCUT2D eigenvalue weighted by Gasteiger charge is -2.12. The average molecular weight is 305 g/mol. The summed E-state index contributed by atoms with van der Waals surface area (Å²) in [5.74, 6) is 0.0613. The van der Waals surface area contributed by atoms with Crippen LogP contribution in [0.1, 0.15) is 45.8 Å². The van der Waals surface area contributed by atoms with E-state index in [-0.39, 0.29) is 21.8 Å². The maximum atomic E-state index is 12.5. The first-order chi connectivity index (χ1) is 9.88. The van der Waals surface area contributed by atoms with E-state index in [1.165, 1.54) is 12.5 Å². The van der Waals surface area contributed by atoms with E-state index in [0.717, 1.165) is 30.2 Å². The molecular formula is C15H15NO4S. The lowest BCUT2D eigenvalue weighted by atomic mass is 9.97. The zero-order valence-electron chi connectivity index (χ0n) is 11.8. The predicted molar refractivity (Wildman–Crippen MR) is 76.2 cm³/mol. The van der Waals surface area contributed by atoms with Crippen molar-refractivity contribution in [3.8, 4) is 0 Å². The Labute approximate surface area is 122 Å². The van der Waals surface area contributed by atoms with Gasteiger partial charge in [-0.25, -0.2) is 8.42 Å². The van der Waals surface area contributed by atoms with Crippen molar-refractivity contribution in [1.29, 1.82) is 0 Å². The van der Waals surface area contributed by atoms with Gasteiger partial charge in [0.05, 0.1) is 16.7 Å². The third-order valence-corrected chi connectivity index (χ3v) is 4.86. The van der Waals surface area contributed by atoms with Crippen molar-refractivity contribution in [2.24, 2.45) is 0 Å². The summed E-state index contributed by atoms with van der Waals surface area (Å²) in [6.45, 7) is 1.88. The van der Waals surface area contributed by atoms with Gasteiger partial charge >= 0.3 is 0 Å². The first-order valence-corrected chi connectivity index (χ1v) is 8.55.